The summed E-state index contributed by atoms with van der Waals surface area (Å²) in [5.74, 6) is 2.29. The fourth-order valence-electron chi connectivity index (χ4n) is 6.34. The molecule has 0 aromatic rings. The van der Waals surface area contributed by atoms with Gasteiger partial charge in [-0.05, 0) is 35.5 Å². The Morgan fingerprint density at radius 2 is 1.27 bits per heavy atom. The highest BCUT2D eigenvalue weighted by Gasteiger charge is 2.63. The summed E-state index contributed by atoms with van der Waals surface area (Å²) in [6, 6.07) is 0. The molecule has 0 N–H and O–H groups in total. The number of cyclic esters (lactones) is 2. The molecule has 8 atom stereocenters. The zero-order valence-electron chi connectivity index (χ0n) is 12.0. The van der Waals surface area contributed by atoms with Gasteiger partial charge in [0, 0.05) is 11.8 Å². The van der Waals surface area contributed by atoms with Gasteiger partial charge in [-0.15, -0.1) is 0 Å². The number of hydrogen-bond acceptors (Lipinski definition) is 4. The molecule has 6 aliphatic carbocycles. The first-order valence-electron chi connectivity index (χ1n) is 8.20. The Morgan fingerprint density at radius 1 is 0.773 bits per heavy atom. The Labute approximate surface area is 127 Å². The van der Waals surface area contributed by atoms with Crippen LogP contribution in [0.3, 0.4) is 0 Å². The minimum Gasteiger partial charge on any atom is -0.386 e. The summed E-state index contributed by atoms with van der Waals surface area (Å²) in [7, 11) is 0. The number of hydrogen-bond donors (Lipinski definition) is 0. The van der Waals surface area contributed by atoms with E-state index < -0.39 is 11.9 Å². The van der Waals surface area contributed by atoms with E-state index in [0.717, 1.165) is 13.2 Å². The van der Waals surface area contributed by atoms with E-state index >= 15 is 0 Å². The van der Waals surface area contributed by atoms with Crippen LogP contribution in [-0.2, 0) is 19.1 Å². The lowest BCUT2D eigenvalue weighted by Crippen LogP contribution is -2.56. The summed E-state index contributed by atoms with van der Waals surface area (Å²) in [4.78, 5) is 24.3. The quantitative estimate of drug-likeness (QED) is 0.386. The van der Waals surface area contributed by atoms with Crippen molar-refractivity contribution < 1.29 is 19.1 Å². The van der Waals surface area contributed by atoms with E-state index in [1.54, 1.807) is 0 Å². The van der Waals surface area contributed by atoms with E-state index in [4.69, 9.17) is 9.47 Å². The molecule has 8 aliphatic rings. The highest BCUT2D eigenvalue weighted by atomic mass is 16.6. The zero-order valence-corrected chi connectivity index (χ0v) is 12.0. The molecule has 4 nitrogen and oxygen atoms in total. The molecule has 0 aromatic heterocycles. The van der Waals surface area contributed by atoms with Crippen LogP contribution in [0.2, 0.25) is 0 Å². The van der Waals surface area contributed by atoms with Gasteiger partial charge in [-0.3, -0.25) is 0 Å². The maximum atomic E-state index is 12.1. The van der Waals surface area contributed by atoms with Crippen LogP contribution in [0.25, 0.3) is 0 Å². The number of carbonyl (C=O) groups excluding carboxylic acids is 2. The van der Waals surface area contributed by atoms with Crippen molar-refractivity contribution in [2.45, 2.75) is 0 Å². The molecule has 1 saturated heterocycles. The van der Waals surface area contributed by atoms with Gasteiger partial charge < -0.3 is 9.47 Å². The van der Waals surface area contributed by atoms with Crippen LogP contribution >= 0.6 is 0 Å². The fraction of sp³-hybridized carbons (Fsp3) is 0.556. The maximum Gasteiger partial charge on any atom is 0.343 e. The van der Waals surface area contributed by atoms with Gasteiger partial charge >= 0.3 is 11.9 Å². The molecule has 2 fully saturated rings. The van der Waals surface area contributed by atoms with Gasteiger partial charge in [0.25, 0.3) is 0 Å². The molecule has 0 aromatic carbocycles. The lowest BCUT2D eigenvalue weighted by molar-refractivity contribution is -0.151. The van der Waals surface area contributed by atoms with E-state index in [1.807, 2.05) is 0 Å². The summed E-state index contributed by atoms with van der Waals surface area (Å²) in [5.41, 5.74) is 1.32. The third-order valence-corrected chi connectivity index (χ3v) is 6.99. The maximum absolute atomic E-state index is 12.1. The average Bonchev–Trinajstić information content (AvgIpc) is 3.15. The first kappa shape index (κ1) is 11.8. The summed E-state index contributed by atoms with van der Waals surface area (Å²) < 4.78 is 10.7. The lowest BCUT2D eigenvalue weighted by Gasteiger charge is -2.58. The normalized spacial score (nSPS) is 52.9. The predicted molar refractivity (Wildman–Crippen MR) is 75.1 cm³/mol. The van der Waals surface area contributed by atoms with Crippen molar-refractivity contribution in [1.29, 1.82) is 0 Å². The van der Waals surface area contributed by atoms with Crippen molar-refractivity contribution in [3.63, 3.8) is 0 Å². The second-order valence-electron chi connectivity index (χ2n) is 7.50. The Hall–Kier alpha value is -1.68. The number of esters is 2. The van der Waals surface area contributed by atoms with Gasteiger partial charge in [0.15, 0.2) is 0 Å². The van der Waals surface area contributed by atoms with Crippen LogP contribution in [0.5, 0.6) is 0 Å². The summed E-state index contributed by atoms with van der Waals surface area (Å²) in [6.07, 6.45) is 9.03. The summed E-state index contributed by atoms with van der Waals surface area (Å²) >= 11 is 0. The molecule has 0 spiro atoms. The third kappa shape index (κ3) is 1.11. The lowest BCUT2D eigenvalue weighted by atomic mass is 9.44. The van der Waals surface area contributed by atoms with Crippen LogP contribution < -0.4 is 0 Å². The summed E-state index contributed by atoms with van der Waals surface area (Å²) in [6.45, 7) is 1.69. The first-order valence-corrected chi connectivity index (χ1v) is 8.20. The molecule has 1 saturated carbocycles. The van der Waals surface area contributed by atoms with E-state index in [1.165, 1.54) is 0 Å². The van der Waals surface area contributed by atoms with Gasteiger partial charge in [0.2, 0.25) is 0 Å². The number of ether oxygens (including phenoxy) is 2. The number of allylic oxidation sites excluding steroid dienone is 4. The standard InChI is InChI=1S/C18H16O4/c19-17-15-9-3-4-10(16(15)18(20)22-17)14-8-2-1-7(13(9)14)11-5-21-6-12(8)11/h1-4,7-14H,5-6H2/t7-,8+,9-,10+,11?,12?,13?,14?. The smallest absolute Gasteiger partial charge is 0.343 e. The van der Waals surface area contributed by atoms with E-state index in [-0.39, 0.29) is 11.8 Å². The van der Waals surface area contributed by atoms with Gasteiger partial charge in [0.05, 0.1) is 24.4 Å². The third-order valence-electron chi connectivity index (χ3n) is 6.99. The molecular weight excluding hydrogens is 280 g/mol. The molecule has 4 unspecified atom stereocenters. The predicted octanol–water partition coefficient (Wildman–Crippen LogP) is 1.49. The molecule has 0 amide bonds. The highest BCUT2D eigenvalue weighted by Crippen LogP contribution is 2.64. The zero-order chi connectivity index (χ0) is 14.6. The van der Waals surface area contributed by atoms with E-state index in [0.29, 0.717) is 46.7 Å². The molecule has 2 heterocycles. The Bertz CT molecular complexity index is 659. The van der Waals surface area contributed by atoms with Crippen molar-refractivity contribution in [1.82, 2.24) is 0 Å². The van der Waals surface area contributed by atoms with Gasteiger partial charge in [-0.2, -0.15) is 0 Å². The fourth-order valence-corrected chi connectivity index (χ4v) is 6.34. The van der Waals surface area contributed by atoms with Crippen molar-refractivity contribution >= 4 is 11.9 Å². The molecular formula is C18H16O4. The Morgan fingerprint density at radius 3 is 1.77 bits per heavy atom. The van der Waals surface area contributed by atoms with E-state index in [9.17, 15) is 9.59 Å². The molecule has 0 radical (unpaired) electrons. The van der Waals surface area contributed by atoms with Crippen LogP contribution in [-0.4, -0.2) is 25.2 Å². The molecule has 4 heteroatoms. The summed E-state index contributed by atoms with van der Waals surface area (Å²) in [5, 5.41) is 0. The van der Waals surface area contributed by atoms with E-state index in [2.05, 4.69) is 24.3 Å². The Kier molecular flexibility index (Phi) is 1.95. The van der Waals surface area contributed by atoms with Crippen LogP contribution in [0.4, 0.5) is 0 Å². The molecule has 4 bridgehead atoms. The largest absolute Gasteiger partial charge is 0.386 e. The van der Waals surface area contributed by atoms with Crippen molar-refractivity contribution in [3.8, 4) is 0 Å². The molecule has 2 aliphatic heterocycles. The minimum absolute atomic E-state index is 0.0583. The number of rotatable bonds is 0. The Balaban J connectivity index is 1.55. The molecule has 22 heavy (non-hydrogen) atoms. The van der Waals surface area contributed by atoms with Gasteiger partial charge in [0.1, 0.15) is 0 Å². The number of carbonyl (C=O) groups is 2. The van der Waals surface area contributed by atoms with Crippen molar-refractivity contribution in [2.75, 3.05) is 13.2 Å². The van der Waals surface area contributed by atoms with Crippen molar-refractivity contribution in [3.05, 3.63) is 35.5 Å². The van der Waals surface area contributed by atoms with Gasteiger partial charge in [-0.25, -0.2) is 9.59 Å². The highest BCUT2D eigenvalue weighted by molar-refractivity contribution is 6.14. The average molecular weight is 296 g/mol. The molecule has 8 rings (SSSR count). The van der Waals surface area contributed by atoms with Crippen molar-refractivity contribution in [2.24, 2.45) is 47.3 Å². The monoisotopic (exact) mass is 296 g/mol. The second kappa shape index (κ2) is 3.62. The molecule has 112 valence electrons. The van der Waals surface area contributed by atoms with Crippen LogP contribution in [0.1, 0.15) is 0 Å². The SMILES string of the molecule is O=C1OC(=O)C2=C1[C@H]1C=C[C@@H]2C2C1[C@H]1C=C[C@@H]2C2COCC21. The first-order chi connectivity index (χ1) is 10.8. The second-order valence-corrected chi connectivity index (χ2v) is 7.50. The topological polar surface area (TPSA) is 52.6 Å². The van der Waals surface area contributed by atoms with Crippen LogP contribution in [0, 0.1) is 47.3 Å². The van der Waals surface area contributed by atoms with Gasteiger partial charge in [-0.1, -0.05) is 24.3 Å². The van der Waals surface area contributed by atoms with Crippen LogP contribution in [0.15, 0.2) is 35.5 Å². The minimum atomic E-state index is -0.401.